The molecular weight excluding hydrogens is 370 g/mol. The van der Waals surface area contributed by atoms with Gasteiger partial charge in [0.15, 0.2) is 0 Å². The molecule has 0 aliphatic heterocycles. The van der Waals surface area contributed by atoms with E-state index in [1.807, 2.05) is 0 Å². The van der Waals surface area contributed by atoms with Crippen molar-refractivity contribution < 1.29 is 18.0 Å². The summed E-state index contributed by atoms with van der Waals surface area (Å²) in [6, 6.07) is 4.83. The molecule has 19 heavy (non-hydrogen) atoms. The Hall–Kier alpha value is -0.790. The summed E-state index contributed by atoms with van der Waals surface area (Å²) in [4.78, 5) is 11.7. The number of hydrogen-bond acceptors (Lipinski definition) is 1. The quantitative estimate of drug-likeness (QED) is 0.447. The molecule has 0 saturated heterocycles. The second kappa shape index (κ2) is 7.72. The van der Waals surface area contributed by atoms with Gasteiger partial charge in [-0.15, -0.1) is 0 Å². The Balaban J connectivity index is 2.62. The van der Waals surface area contributed by atoms with Gasteiger partial charge in [0.25, 0.3) is 5.91 Å². The van der Waals surface area contributed by atoms with E-state index in [-0.39, 0.29) is 5.56 Å². The molecule has 0 atom stereocenters. The molecule has 0 radical (unpaired) electrons. The third-order valence-electron chi connectivity index (χ3n) is 2.57. The second-order valence-corrected chi connectivity index (χ2v) is 5.13. The first-order valence-electron chi connectivity index (χ1n) is 5.97. The molecule has 0 aliphatic rings. The van der Waals surface area contributed by atoms with Crippen LogP contribution in [-0.2, 0) is 6.18 Å². The standard InChI is InChI=1S/C13H15F3INO/c14-13(15,16)11-7-3-2-6-10(11)12(19)18-9-5-1-4-8-17/h2-3,6-7H,1,4-5,8-9H2,(H,18,19). The zero-order chi connectivity index (χ0) is 14.3. The van der Waals surface area contributed by atoms with Crippen molar-refractivity contribution in [1.29, 1.82) is 0 Å². The topological polar surface area (TPSA) is 29.1 Å². The molecule has 1 amide bonds. The number of amides is 1. The highest BCUT2D eigenvalue weighted by atomic mass is 127. The van der Waals surface area contributed by atoms with Crippen LogP contribution in [0, 0.1) is 0 Å². The molecule has 2 nitrogen and oxygen atoms in total. The summed E-state index contributed by atoms with van der Waals surface area (Å²) >= 11 is 2.26. The van der Waals surface area contributed by atoms with E-state index in [0.29, 0.717) is 6.54 Å². The average Bonchev–Trinajstić information content (AvgIpc) is 2.37. The number of hydrogen-bond donors (Lipinski definition) is 1. The van der Waals surface area contributed by atoms with Crippen LogP contribution in [0.4, 0.5) is 13.2 Å². The molecule has 1 aromatic carbocycles. The van der Waals surface area contributed by atoms with Crippen molar-refractivity contribution in [3.8, 4) is 0 Å². The van der Waals surface area contributed by atoms with Gasteiger partial charge in [-0.2, -0.15) is 13.2 Å². The first kappa shape index (κ1) is 16.3. The van der Waals surface area contributed by atoms with Crippen LogP contribution >= 0.6 is 22.6 Å². The molecule has 1 aromatic rings. The normalized spacial score (nSPS) is 11.4. The van der Waals surface area contributed by atoms with Crippen molar-refractivity contribution in [2.45, 2.75) is 25.4 Å². The Morgan fingerprint density at radius 3 is 2.47 bits per heavy atom. The Labute approximate surface area is 123 Å². The molecule has 0 unspecified atom stereocenters. The SMILES string of the molecule is O=C(NCCCCCI)c1ccccc1C(F)(F)F. The third-order valence-corrected chi connectivity index (χ3v) is 3.34. The lowest BCUT2D eigenvalue weighted by Gasteiger charge is -2.12. The molecule has 106 valence electrons. The summed E-state index contributed by atoms with van der Waals surface area (Å²) in [6.07, 6.45) is -1.71. The van der Waals surface area contributed by atoms with Crippen LogP contribution in [0.15, 0.2) is 24.3 Å². The minimum absolute atomic E-state index is 0.316. The van der Waals surface area contributed by atoms with Crippen LogP contribution in [-0.4, -0.2) is 16.9 Å². The van der Waals surface area contributed by atoms with Crippen molar-refractivity contribution >= 4 is 28.5 Å². The third kappa shape index (κ3) is 5.38. The summed E-state index contributed by atoms with van der Waals surface area (Å²) in [7, 11) is 0. The maximum atomic E-state index is 12.7. The summed E-state index contributed by atoms with van der Waals surface area (Å²) in [5.41, 5.74) is -1.20. The van der Waals surface area contributed by atoms with Gasteiger partial charge in [0.2, 0.25) is 0 Å². The molecule has 6 heteroatoms. The van der Waals surface area contributed by atoms with E-state index >= 15 is 0 Å². The first-order chi connectivity index (χ1) is 8.96. The van der Waals surface area contributed by atoms with E-state index in [9.17, 15) is 18.0 Å². The summed E-state index contributed by atoms with van der Waals surface area (Å²) in [6.45, 7) is 0.404. The van der Waals surface area contributed by atoms with Crippen LogP contribution in [0.2, 0.25) is 0 Å². The molecule has 0 fully saturated rings. The molecule has 0 heterocycles. The minimum Gasteiger partial charge on any atom is -0.352 e. The van der Waals surface area contributed by atoms with Gasteiger partial charge in [0.05, 0.1) is 11.1 Å². The zero-order valence-electron chi connectivity index (χ0n) is 10.3. The van der Waals surface area contributed by atoms with Crippen molar-refractivity contribution in [3.05, 3.63) is 35.4 Å². The number of rotatable bonds is 6. The van der Waals surface area contributed by atoms with Crippen LogP contribution < -0.4 is 5.32 Å². The maximum absolute atomic E-state index is 12.7. The van der Waals surface area contributed by atoms with E-state index in [4.69, 9.17) is 0 Å². The number of halogens is 4. The fourth-order valence-electron chi connectivity index (χ4n) is 1.62. The maximum Gasteiger partial charge on any atom is 0.417 e. The highest BCUT2D eigenvalue weighted by Crippen LogP contribution is 2.31. The summed E-state index contributed by atoms with van der Waals surface area (Å²) < 4.78 is 39.2. The van der Waals surface area contributed by atoms with Gasteiger partial charge in [-0.25, -0.2) is 0 Å². The number of benzene rings is 1. The van der Waals surface area contributed by atoms with E-state index in [1.165, 1.54) is 18.2 Å². The molecule has 1 N–H and O–H groups in total. The second-order valence-electron chi connectivity index (χ2n) is 4.05. The predicted octanol–water partition coefficient (Wildman–Crippen LogP) is 4.04. The molecular formula is C13H15F3INO. The Bertz CT molecular complexity index is 421. The fourth-order valence-corrected chi connectivity index (χ4v) is 2.16. The summed E-state index contributed by atoms with van der Waals surface area (Å²) in [5, 5.41) is 2.53. The van der Waals surface area contributed by atoms with Gasteiger partial charge in [-0.1, -0.05) is 41.1 Å². The lowest BCUT2D eigenvalue weighted by molar-refractivity contribution is -0.137. The van der Waals surface area contributed by atoms with Crippen LogP contribution in [0.3, 0.4) is 0 Å². The van der Waals surface area contributed by atoms with E-state index in [2.05, 4.69) is 27.9 Å². The van der Waals surface area contributed by atoms with Gasteiger partial charge in [-0.05, 0) is 29.4 Å². The van der Waals surface area contributed by atoms with Crippen molar-refractivity contribution in [3.63, 3.8) is 0 Å². The van der Waals surface area contributed by atoms with Crippen molar-refractivity contribution in [2.75, 3.05) is 11.0 Å². The molecule has 0 aliphatic carbocycles. The smallest absolute Gasteiger partial charge is 0.352 e. The highest BCUT2D eigenvalue weighted by Gasteiger charge is 2.34. The summed E-state index contributed by atoms with van der Waals surface area (Å²) in [5.74, 6) is -0.664. The van der Waals surface area contributed by atoms with Crippen LogP contribution in [0.25, 0.3) is 0 Å². The van der Waals surface area contributed by atoms with Gasteiger partial charge < -0.3 is 5.32 Å². The minimum atomic E-state index is -4.50. The molecule has 0 saturated carbocycles. The lowest BCUT2D eigenvalue weighted by Crippen LogP contribution is -2.27. The number of alkyl halides is 4. The van der Waals surface area contributed by atoms with Gasteiger partial charge in [0, 0.05) is 6.54 Å². The Morgan fingerprint density at radius 2 is 1.84 bits per heavy atom. The monoisotopic (exact) mass is 385 g/mol. The van der Waals surface area contributed by atoms with Gasteiger partial charge >= 0.3 is 6.18 Å². The highest BCUT2D eigenvalue weighted by molar-refractivity contribution is 14.1. The number of nitrogens with one attached hydrogen (secondary N) is 1. The zero-order valence-corrected chi connectivity index (χ0v) is 12.4. The lowest BCUT2D eigenvalue weighted by atomic mass is 10.1. The first-order valence-corrected chi connectivity index (χ1v) is 7.49. The Morgan fingerprint density at radius 1 is 1.16 bits per heavy atom. The number of unbranched alkanes of at least 4 members (excludes halogenated alkanes) is 2. The van der Waals surface area contributed by atoms with E-state index in [1.54, 1.807) is 0 Å². The molecule has 0 spiro atoms. The van der Waals surface area contributed by atoms with E-state index < -0.39 is 17.6 Å². The van der Waals surface area contributed by atoms with Gasteiger partial charge in [0.1, 0.15) is 0 Å². The van der Waals surface area contributed by atoms with Crippen LogP contribution in [0.5, 0.6) is 0 Å². The van der Waals surface area contributed by atoms with Crippen molar-refractivity contribution in [2.24, 2.45) is 0 Å². The van der Waals surface area contributed by atoms with Gasteiger partial charge in [-0.3, -0.25) is 4.79 Å². The largest absolute Gasteiger partial charge is 0.417 e. The number of carbonyl (C=O) groups is 1. The molecule has 1 rings (SSSR count). The fraction of sp³-hybridized carbons (Fsp3) is 0.462. The van der Waals surface area contributed by atoms with Crippen LogP contribution in [0.1, 0.15) is 35.2 Å². The average molecular weight is 385 g/mol. The molecule has 0 bridgehead atoms. The predicted molar refractivity (Wildman–Crippen MR) is 76.5 cm³/mol. The van der Waals surface area contributed by atoms with Crippen molar-refractivity contribution in [1.82, 2.24) is 5.32 Å². The Kier molecular flexibility index (Phi) is 6.60. The van der Waals surface area contributed by atoms with E-state index in [0.717, 1.165) is 29.8 Å². The number of carbonyl (C=O) groups excluding carboxylic acids is 1. The molecule has 0 aromatic heterocycles.